The number of rotatable bonds is 6. The van der Waals surface area contributed by atoms with Crippen molar-refractivity contribution < 1.29 is 27.5 Å². The average molecular weight is 437 g/mol. The Morgan fingerprint density at radius 3 is 2.57 bits per heavy atom. The van der Waals surface area contributed by atoms with E-state index in [1.165, 1.54) is 17.6 Å². The Hall–Kier alpha value is -2.72. The minimum absolute atomic E-state index is 0.0799. The van der Waals surface area contributed by atoms with Crippen molar-refractivity contribution in [3.8, 4) is 11.6 Å². The van der Waals surface area contributed by atoms with Crippen LogP contribution in [0.4, 0.5) is 23.7 Å². The van der Waals surface area contributed by atoms with E-state index < -0.39 is 31.2 Å². The largest absolute Gasteiger partial charge is 0.435 e. The first-order valence-electron chi connectivity index (χ1n) is 7.60. The topological polar surface area (TPSA) is 92.3 Å². The van der Waals surface area contributed by atoms with Crippen molar-refractivity contribution in [1.29, 1.82) is 0 Å². The van der Waals surface area contributed by atoms with Crippen molar-refractivity contribution in [3.63, 3.8) is 0 Å². The summed E-state index contributed by atoms with van der Waals surface area (Å²) in [4.78, 5) is 26.9. The highest BCUT2D eigenvalue weighted by Crippen LogP contribution is 2.33. The van der Waals surface area contributed by atoms with E-state index in [9.17, 15) is 22.8 Å². The molecule has 12 heteroatoms. The molecule has 0 aliphatic heterocycles. The molecule has 0 unspecified atom stereocenters. The molecular formula is C16H13Cl2F3N4O3. The number of imide groups is 1. The molecule has 0 radical (unpaired) electrons. The van der Waals surface area contributed by atoms with Crippen LogP contribution < -0.4 is 20.7 Å². The van der Waals surface area contributed by atoms with Gasteiger partial charge in [0.05, 0.1) is 17.3 Å². The number of urea groups is 1. The predicted octanol–water partition coefficient (Wildman–Crippen LogP) is 3.98. The Morgan fingerprint density at radius 1 is 1.18 bits per heavy atom. The molecule has 28 heavy (non-hydrogen) atoms. The van der Waals surface area contributed by atoms with Gasteiger partial charge in [-0.1, -0.05) is 35.3 Å². The fraction of sp³-hybridized carbons (Fsp3) is 0.188. The number of pyridine rings is 1. The zero-order valence-corrected chi connectivity index (χ0v) is 15.5. The van der Waals surface area contributed by atoms with Gasteiger partial charge in [-0.2, -0.15) is 13.2 Å². The van der Waals surface area contributed by atoms with Crippen LogP contribution in [0.1, 0.15) is 0 Å². The molecule has 0 aliphatic rings. The number of hydrogen-bond acceptors (Lipinski definition) is 5. The van der Waals surface area contributed by atoms with Gasteiger partial charge in [-0.05, 0) is 18.2 Å². The molecule has 0 bridgehead atoms. The molecule has 1 aromatic heterocycles. The molecule has 2 rings (SSSR count). The van der Waals surface area contributed by atoms with Crippen LogP contribution in [-0.2, 0) is 4.79 Å². The molecule has 0 saturated carbocycles. The van der Waals surface area contributed by atoms with Gasteiger partial charge in [0.15, 0.2) is 5.75 Å². The summed E-state index contributed by atoms with van der Waals surface area (Å²) in [6.07, 6.45) is -3.24. The molecule has 3 amide bonds. The number of carbonyl (C=O) groups is 2. The molecule has 1 aromatic carbocycles. The van der Waals surface area contributed by atoms with Gasteiger partial charge in [0.1, 0.15) is 11.6 Å². The van der Waals surface area contributed by atoms with Crippen molar-refractivity contribution in [3.05, 3.63) is 46.6 Å². The summed E-state index contributed by atoms with van der Waals surface area (Å²) in [6.45, 7) is -1.95. The van der Waals surface area contributed by atoms with Gasteiger partial charge in [0, 0.05) is 6.20 Å². The van der Waals surface area contributed by atoms with Crippen molar-refractivity contribution in [2.45, 2.75) is 6.18 Å². The maximum atomic E-state index is 12.0. The monoisotopic (exact) mass is 436 g/mol. The fourth-order valence-electron chi connectivity index (χ4n) is 1.85. The van der Waals surface area contributed by atoms with Crippen LogP contribution >= 0.6 is 23.2 Å². The van der Waals surface area contributed by atoms with Gasteiger partial charge in [0.25, 0.3) is 0 Å². The molecular weight excluding hydrogens is 424 g/mol. The second-order valence-corrected chi connectivity index (χ2v) is 6.08. The third-order valence-electron chi connectivity index (χ3n) is 3.01. The molecule has 150 valence electrons. The Morgan fingerprint density at radius 2 is 1.89 bits per heavy atom. The number of hydrogen-bond donors (Lipinski definition) is 3. The van der Waals surface area contributed by atoms with E-state index in [1.807, 2.05) is 0 Å². The smallest absolute Gasteiger partial charge is 0.405 e. The van der Waals surface area contributed by atoms with Crippen molar-refractivity contribution in [1.82, 2.24) is 15.6 Å². The number of carbonyl (C=O) groups excluding carboxylic acids is 2. The SMILES string of the molecule is O=C(CNc1ccccc1Oc1ncc(Cl)cc1Cl)NC(=O)NCC(F)(F)F. The van der Waals surface area contributed by atoms with E-state index in [0.29, 0.717) is 10.7 Å². The minimum atomic E-state index is -4.58. The number of nitrogens with zero attached hydrogens (tertiary/aromatic N) is 1. The molecule has 0 saturated heterocycles. The van der Waals surface area contributed by atoms with Gasteiger partial charge >= 0.3 is 12.2 Å². The van der Waals surface area contributed by atoms with Crippen LogP contribution in [0.3, 0.4) is 0 Å². The minimum Gasteiger partial charge on any atom is -0.435 e. The van der Waals surface area contributed by atoms with Gasteiger partial charge in [-0.15, -0.1) is 0 Å². The number of ether oxygens (including phenoxy) is 1. The molecule has 3 N–H and O–H groups in total. The number of aromatic nitrogens is 1. The standard InChI is InChI=1S/C16H13Cl2F3N4O3/c17-9-5-10(18)14(23-6-9)28-12-4-2-1-3-11(12)22-7-13(26)25-15(27)24-8-16(19,20)21/h1-6,22H,7-8H2,(H2,24,25,26,27). The molecule has 2 aromatic rings. The van der Waals surface area contributed by atoms with E-state index in [0.717, 1.165) is 0 Å². The number of nitrogens with one attached hydrogen (secondary N) is 3. The summed E-state index contributed by atoms with van der Waals surface area (Å²) in [5, 5.41) is 6.49. The highest BCUT2D eigenvalue weighted by molar-refractivity contribution is 6.35. The number of amides is 3. The fourth-order valence-corrected chi connectivity index (χ4v) is 2.27. The molecule has 7 nitrogen and oxygen atoms in total. The highest BCUT2D eigenvalue weighted by atomic mass is 35.5. The molecule has 1 heterocycles. The number of alkyl halides is 3. The van der Waals surface area contributed by atoms with Crippen LogP contribution in [0.15, 0.2) is 36.5 Å². The van der Waals surface area contributed by atoms with E-state index >= 15 is 0 Å². The van der Waals surface area contributed by atoms with Gasteiger partial charge in [-0.3, -0.25) is 10.1 Å². The number of halogens is 5. The van der Waals surface area contributed by atoms with Crippen molar-refractivity contribution in [2.75, 3.05) is 18.4 Å². The Labute approximate surface area is 167 Å². The molecule has 0 atom stereocenters. The Balaban J connectivity index is 1.94. The lowest BCUT2D eigenvalue weighted by atomic mass is 10.3. The summed E-state index contributed by atoms with van der Waals surface area (Å²) < 4.78 is 41.6. The second-order valence-electron chi connectivity index (χ2n) is 5.24. The van der Waals surface area contributed by atoms with Crippen LogP contribution in [-0.4, -0.2) is 36.2 Å². The first-order valence-corrected chi connectivity index (χ1v) is 8.36. The maximum absolute atomic E-state index is 12.0. The van der Waals surface area contributed by atoms with E-state index in [2.05, 4.69) is 10.3 Å². The third kappa shape index (κ3) is 7.12. The quantitative estimate of drug-likeness (QED) is 0.636. The number of para-hydroxylation sites is 2. The van der Waals surface area contributed by atoms with Crippen molar-refractivity contribution in [2.24, 2.45) is 0 Å². The normalized spacial score (nSPS) is 10.9. The number of benzene rings is 1. The first-order chi connectivity index (χ1) is 13.1. The summed E-state index contributed by atoms with van der Waals surface area (Å²) in [5.41, 5.74) is 0.362. The molecule has 0 spiro atoms. The lowest BCUT2D eigenvalue weighted by molar-refractivity contribution is -0.124. The van der Waals surface area contributed by atoms with Crippen LogP contribution in [0, 0.1) is 0 Å². The number of anilines is 1. The second kappa shape index (κ2) is 9.47. The zero-order chi connectivity index (χ0) is 20.7. The van der Waals surface area contributed by atoms with Crippen molar-refractivity contribution >= 4 is 40.8 Å². The van der Waals surface area contributed by atoms with Crippen LogP contribution in [0.5, 0.6) is 11.6 Å². The summed E-state index contributed by atoms with van der Waals surface area (Å²) in [5.74, 6) is -0.498. The van der Waals surface area contributed by atoms with Crippen LogP contribution in [0.2, 0.25) is 10.0 Å². The molecule has 0 fully saturated rings. The average Bonchev–Trinajstić information content (AvgIpc) is 2.61. The van der Waals surface area contributed by atoms with E-state index in [4.69, 9.17) is 27.9 Å². The maximum Gasteiger partial charge on any atom is 0.405 e. The van der Waals surface area contributed by atoms with Gasteiger partial charge < -0.3 is 15.4 Å². The predicted molar refractivity (Wildman–Crippen MR) is 96.9 cm³/mol. The lowest BCUT2D eigenvalue weighted by Crippen LogP contribution is -2.45. The lowest BCUT2D eigenvalue weighted by Gasteiger charge is -2.13. The highest BCUT2D eigenvalue weighted by Gasteiger charge is 2.27. The van der Waals surface area contributed by atoms with Crippen LogP contribution in [0.25, 0.3) is 0 Å². The Kier molecular flexibility index (Phi) is 7.30. The van der Waals surface area contributed by atoms with Gasteiger partial charge in [-0.25, -0.2) is 9.78 Å². The summed E-state index contributed by atoms with van der Waals surface area (Å²) in [6, 6.07) is 6.65. The summed E-state index contributed by atoms with van der Waals surface area (Å²) >= 11 is 11.8. The third-order valence-corrected chi connectivity index (χ3v) is 3.49. The molecule has 0 aliphatic carbocycles. The van der Waals surface area contributed by atoms with E-state index in [-0.39, 0.29) is 16.7 Å². The van der Waals surface area contributed by atoms with Gasteiger partial charge in [0.2, 0.25) is 11.8 Å². The zero-order valence-electron chi connectivity index (χ0n) is 13.9. The first kappa shape index (κ1) is 21.6. The van der Waals surface area contributed by atoms with E-state index in [1.54, 1.807) is 29.6 Å². The Bertz CT molecular complexity index is 865. The summed E-state index contributed by atoms with van der Waals surface area (Å²) in [7, 11) is 0.